The Balaban J connectivity index is 0.000000308. The summed E-state index contributed by atoms with van der Waals surface area (Å²) in [4.78, 5) is 0. The van der Waals surface area contributed by atoms with E-state index >= 15 is 0 Å². The van der Waals surface area contributed by atoms with Crippen LogP contribution in [-0.4, -0.2) is 0 Å². The van der Waals surface area contributed by atoms with E-state index in [9.17, 15) is 0 Å². The Morgan fingerprint density at radius 2 is 1.69 bits per heavy atom. The lowest BCUT2D eigenvalue weighted by molar-refractivity contribution is -0.0489. The predicted octanol–water partition coefficient (Wildman–Crippen LogP) is 3.74. The second-order valence-corrected chi connectivity index (χ2v) is 5.43. The van der Waals surface area contributed by atoms with Crippen LogP contribution >= 0.6 is 0 Å². The first kappa shape index (κ1) is 9.30. The van der Waals surface area contributed by atoms with Gasteiger partial charge in [0.05, 0.1) is 0 Å². The third-order valence-electron chi connectivity index (χ3n) is 4.32. The number of hydrogen-bond donors (Lipinski definition) is 0. The molecule has 0 amide bonds. The van der Waals surface area contributed by atoms with Crippen molar-refractivity contribution in [3.63, 3.8) is 0 Å². The summed E-state index contributed by atoms with van der Waals surface area (Å²) < 4.78 is 0. The molecule has 0 aliphatic heterocycles. The lowest BCUT2D eigenvalue weighted by Crippen LogP contribution is -2.47. The van der Waals surface area contributed by atoms with Crippen molar-refractivity contribution in [2.45, 2.75) is 33.1 Å². The molecule has 13 heavy (non-hydrogen) atoms. The molecule has 0 N–H and O–H groups in total. The largest absolute Gasteiger partial charge is 0.106 e. The molecule has 0 bridgehead atoms. The van der Waals surface area contributed by atoms with Gasteiger partial charge in [0.25, 0.3) is 0 Å². The van der Waals surface area contributed by atoms with Crippen molar-refractivity contribution in [3.05, 3.63) is 13.2 Å². The molecule has 74 valence electrons. The summed E-state index contributed by atoms with van der Waals surface area (Å²) in [5.74, 6) is 7.02. The van der Waals surface area contributed by atoms with Crippen molar-refractivity contribution in [1.29, 1.82) is 0 Å². The highest BCUT2D eigenvalue weighted by molar-refractivity contribution is 5.16. The minimum Gasteiger partial charge on any atom is -0.106 e. The van der Waals surface area contributed by atoms with E-state index in [1.807, 2.05) is 0 Å². The van der Waals surface area contributed by atoms with Gasteiger partial charge in [0.1, 0.15) is 0 Å². The SMILES string of the molecule is C=C.CC(C)CC1CC2C3CC3C12. The Morgan fingerprint density at radius 3 is 2.23 bits per heavy atom. The Bertz CT molecular complexity index is 194. The second-order valence-electron chi connectivity index (χ2n) is 5.43. The molecule has 5 atom stereocenters. The molecule has 0 saturated heterocycles. The number of fused-ring (bicyclic) bond motifs is 4. The van der Waals surface area contributed by atoms with Gasteiger partial charge in [-0.25, -0.2) is 0 Å². The monoisotopic (exact) mass is 178 g/mol. The van der Waals surface area contributed by atoms with E-state index in [4.69, 9.17) is 0 Å². The fraction of sp³-hybridized carbons (Fsp3) is 0.846. The summed E-state index contributed by atoms with van der Waals surface area (Å²) in [6.45, 7) is 10.7. The Labute approximate surface area is 82.4 Å². The first-order valence-corrected chi connectivity index (χ1v) is 5.77. The van der Waals surface area contributed by atoms with E-state index in [2.05, 4.69) is 27.0 Å². The third-order valence-corrected chi connectivity index (χ3v) is 4.32. The molecule has 3 aliphatic carbocycles. The standard InChI is InChI=1S/C11H18.C2H4/c1-6(2)3-7-4-9-8-5-10(8)11(7)9;1-2/h6-11H,3-5H2,1-2H3;1-2H2. The fourth-order valence-electron chi connectivity index (χ4n) is 3.83. The molecular formula is C13H22. The van der Waals surface area contributed by atoms with Crippen LogP contribution in [-0.2, 0) is 0 Å². The van der Waals surface area contributed by atoms with Crippen LogP contribution in [0.4, 0.5) is 0 Å². The Kier molecular flexibility index (Phi) is 2.25. The summed E-state index contributed by atoms with van der Waals surface area (Å²) in [6, 6.07) is 0. The minimum atomic E-state index is 0.943. The summed E-state index contributed by atoms with van der Waals surface area (Å²) >= 11 is 0. The molecule has 0 aromatic carbocycles. The normalized spacial score (nSPS) is 49.0. The van der Waals surface area contributed by atoms with Gasteiger partial charge < -0.3 is 0 Å². The van der Waals surface area contributed by atoms with Crippen molar-refractivity contribution in [2.24, 2.45) is 35.5 Å². The molecule has 3 fully saturated rings. The van der Waals surface area contributed by atoms with E-state index in [0.29, 0.717) is 0 Å². The van der Waals surface area contributed by atoms with Gasteiger partial charge in [0.2, 0.25) is 0 Å². The number of hydrogen-bond acceptors (Lipinski definition) is 0. The molecule has 0 aromatic rings. The van der Waals surface area contributed by atoms with E-state index in [-0.39, 0.29) is 0 Å². The van der Waals surface area contributed by atoms with Crippen LogP contribution in [0.1, 0.15) is 33.1 Å². The highest BCUT2D eigenvalue weighted by atomic mass is 14.7. The van der Waals surface area contributed by atoms with Crippen LogP contribution in [0, 0.1) is 35.5 Å². The molecule has 0 spiro atoms. The van der Waals surface area contributed by atoms with Crippen LogP contribution in [0.15, 0.2) is 13.2 Å². The molecule has 0 radical (unpaired) electrons. The second kappa shape index (κ2) is 3.15. The summed E-state index contributed by atoms with van der Waals surface area (Å²) in [5, 5.41) is 0. The first-order chi connectivity index (χ1) is 6.27. The smallest absolute Gasteiger partial charge is 0.0323 e. The summed E-state index contributed by atoms with van der Waals surface area (Å²) in [5.41, 5.74) is 0. The molecule has 5 unspecified atom stereocenters. The van der Waals surface area contributed by atoms with Crippen LogP contribution < -0.4 is 0 Å². The highest BCUT2D eigenvalue weighted by Crippen LogP contribution is 2.74. The minimum absolute atomic E-state index is 0.943. The molecule has 3 saturated carbocycles. The predicted molar refractivity (Wildman–Crippen MR) is 57.4 cm³/mol. The average Bonchev–Trinajstić information content (AvgIpc) is 2.74. The maximum atomic E-state index is 3.00. The molecule has 3 rings (SSSR count). The van der Waals surface area contributed by atoms with Gasteiger partial charge in [0, 0.05) is 0 Å². The van der Waals surface area contributed by atoms with Gasteiger partial charge in [-0.2, -0.15) is 0 Å². The van der Waals surface area contributed by atoms with E-state index in [1.165, 1.54) is 30.1 Å². The Hall–Kier alpha value is -0.260. The van der Waals surface area contributed by atoms with Crippen LogP contribution in [0.3, 0.4) is 0 Å². The zero-order valence-electron chi connectivity index (χ0n) is 9.00. The van der Waals surface area contributed by atoms with Crippen molar-refractivity contribution < 1.29 is 0 Å². The quantitative estimate of drug-likeness (QED) is 0.565. The maximum absolute atomic E-state index is 3.00. The molecule has 3 aliphatic rings. The first-order valence-electron chi connectivity index (χ1n) is 5.77. The Morgan fingerprint density at radius 1 is 1.08 bits per heavy atom. The van der Waals surface area contributed by atoms with Gasteiger partial charge in [-0.3, -0.25) is 0 Å². The van der Waals surface area contributed by atoms with Crippen molar-refractivity contribution >= 4 is 0 Å². The summed E-state index contributed by atoms with van der Waals surface area (Å²) in [6.07, 6.45) is 4.73. The molecule has 0 heterocycles. The van der Waals surface area contributed by atoms with E-state index < -0.39 is 0 Å². The maximum Gasteiger partial charge on any atom is -0.0323 e. The zero-order valence-corrected chi connectivity index (χ0v) is 9.00. The van der Waals surface area contributed by atoms with Gasteiger partial charge in [0.15, 0.2) is 0 Å². The zero-order chi connectivity index (χ0) is 9.59. The fourth-order valence-corrected chi connectivity index (χ4v) is 3.83. The van der Waals surface area contributed by atoms with Crippen molar-refractivity contribution in [3.8, 4) is 0 Å². The molecule has 0 aromatic heterocycles. The third kappa shape index (κ3) is 1.26. The van der Waals surface area contributed by atoms with Crippen LogP contribution in [0.2, 0.25) is 0 Å². The lowest BCUT2D eigenvalue weighted by Gasteiger charge is -2.53. The van der Waals surface area contributed by atoms with E-state index in [0.717, 1.165) is 11.8 Å². The molecular weight excluding hydrogens is 156 g/mol. The lowest BCUT2D eigenvalue weighted by atomic mass is 9.52. The van der Waals surface area contributed by atoms with Gasteiger partial charge in [-0.05, 0) is 54.8 Å². The van der Waals surface area contributed by atoms with Crippen LogP contribution in [0.25, 0.3) is 0 Å². The van der Waals surface area contributed by atoms with E-state index in [1.54, 1.807) is 12.8 Å². The van der Waals surface area contributed by atoms with Crippen molar-refractivity contribution in [2.75, 3.05) is 0 Å². The molecule has 0 nitrogen and oxygen atoms in total. The van der Waals surface area contributed by atoms with Crippen molar-refractivity contribution in [1.82, 2.24) is 0 Å². The topological polar surface area (TPSA) is 0 Å². The van der Waals surface area contributed by atoms with Gasteiger partial charge in [-0.15, -0.1) is 13.2 Å². The molecule has 0 heteroatoms. The number of rotatable bonds is 2. The highest BCUT2D eigenvalue weighted by Gasteiger charge is 2.68. The van der Waals surface area contributed by atoms with Gasteiger partial charge >= 0.3 is 0 Å². The van der Waals surface area contributed by atoms with Crippen LogP contribution in [0.5, 0.6) is 0 Å². The van der Waals surface area contributed by atoms with Gasteiger partial charge in [-0.1, -0.05) is 13.8 Å². The average molecular weight is 178 g/mol. The summed E-state index contributed by atoms with van der Waals surface area (Å²) in [7, 11) is 0.